The van der Waals surface area contributed by atoms with Crippen LogP contribution in [-0.4, -0.2) is 9.55 Å². The Hall–Kier alpha value is -2.58. The molecule has 0 spiro atoms. The summed E-state index contributed by atoms with van der Waals surface area (Å²) in [4.78, 5) is 4.21. The Morgan fingerprint density at radius 3 is 2.80 bits per heavy atom. The first-order valence-corrected chi connectivity index (χ1v) is 6.11. The van der Waals surface area contributed by atoms with Gasteiger partial charge in [0.1, 0.15) is 11.9 Å². The molecule has 0 amide bonds. The minimum atomic E-state index is -0.572. The maximum atomic E-state index is 13.4. The summed E-state index contributed by atoms with van der Waals surface area (Å²) < 4.78 is 15.0. The van der Waals surface area contributed by atoms with E-state index in [0.717, 1.165) is 0 Å². The summed E-state index contributed by atoms with van der Waals surface area (Å²) in [5.74, 6) is -0.324. The van der Waals surface area contributed by atoms with Gasteiger partial charge in [-0.1, -0.05) is 11.6 Å². The zero-order chi connectivity index (χ0) is 14.3. The Morgan fingerprint density at radius 2 is 2.05 bits per heavy atom. The Labute approximate surface area is 118 Å². The second kappa shape index (κ2) is 4.51. The van der Waals surface area contributed by atoms with Crippen LogP contribution in [0.25, 0.3) is 16.7 Å². The lowest BCUT2D eigenvalue weighted by molar-refractivity contribution is 0.623. The quantitative estimate of drug-likeness (QED) is 0.746. The molecule has 20 heavy (non-hydrogen) atoms. The van der Waals surface area contributed by atoms with Gasteiger partial charge in [0.2, 0.25) is 5.95 Å². The summed E-state index contributed by atoms with van der Waals surface area (Å²) in [6, 6.07) is 11.2. The van der Waals surface area contributed by atoms with Gasteiger partial charge in [-0.05, 0) is 36.4 Å². The van der Waals surface area contributed by atoms with Crippen molar-refractivity contribution in [2.45, 2.75) is 0 Å². The molecule has 0 radical (unpaired) electrons. The number of nitrogens with zero attached hydrogens (tertiary/aromatic N) is 3. The fraction of sp³-hybridized carbons (Fsp3) is 0. The molecule has 98 valence electrons. The Balaban J connectivity index is 2.32. The first-order valence-electron chi connectivity index (χ1n) is 5.73. The maximum absolute atomic E-state index is 13.4. The van der Waals surface area contributed by atoms with Crippen LogP contribution >= 0.6 is 11.6 Å². The third-order valence-corrected chi connectivity index (χ3v) is 3.21. The van der Waals surface area contributed by atoms with E-state index < -0.39 is 5.82 Å². The van der Waals surface area contributed by atoms with Crippen molar-refractivity contribution >= 4 is 28.6 Å². The average molecular weight is 287 g/mol. The second-order valence-corrected chi connectivity index (χ2v) is 4.65. The predicted octanol–water partition coefficient (Wildman–Crippen LogP) is 3.27. The summed E-state index contributed by atoms with van der Waals surface area (Å²) >= 11 is 5.98. The Bertz CT molecular complexity index is 863. The maximum Gasteiger partial charge on any atom is 0.205 e. The highest BCUT2D eigenvalue weighted by molar-refractivity contribution is 6.31. The number of halogens is 2. The van der Waals surface area contributed by atoms with Crippen LogP contribution in [0.15, 0.2) is 36.4 Å². The average Bonchev–Trinajstić information content (AvgIpc) is 2.75. The van der Waals surface area contributed by atoms with Crippen molar-refractivity contribution in [1.82, 2.24) is 9.55 Å². The van der Waals surface area contributed by atoms with Crippen molar-refractivity contribution in [1.29, 1.82) is 5.26 Å². The SMILES string of the molecule is N#Cc1cc(-n2c(N)nc3ccc(Cl)cc32)ccc1F. The van der Waals surface area contributed by atoms with Crippen LogP contribution in [0.4, 0.5) is 10.3 Å². The number of hydrogen-bond donors (Lipinski definition) is 1. The number of fused-ring (bicyclic) bond motifs is 1. The van der Waals surface area contributed by atoms with Gasteiger partial charge < -0.3 is 5.73 Å². The number of benzene rings is 2. The molecular formula is C14H8ClFN4. The van der Waals surface area contributed by atoms with Crippen LogP contribution in [0.3, 0.4) is 0 Å². The number of anilines is 1. The molecule has 0 aliphatic heterocycles. The molecule has 2 N–H and O–H groups in total. The molecule has 0 unspecified atom stereocenters. The van der Waals surface area contributed by atoms with Crippen molar-refractivity contribution in [3.05, 3.63) is 52.8 Å². The highest BCUT2D eigenvalue weighted by Gasteiger charge is 2.12. The van der Waals surface area contributed by atoms with Crippen LogP contribution in [0.2, 0.25) is 5.02 Å². The van der Waals surface area contributed by atoms with Crippen molar-refractivity contribution < 1.29 is 4.39 Å². The normalized spacial score (nSPS) is 10.7. The van der Waals surface area contributed by atoms with Gasteiger partial charge in [-0.2, -0.15) is 5.26 Å². The van der Waals surface area contributed by atoms with Gasteiger partial charge in [0.15, 0.2) is 0 Å². The van der Waals surface area contributed by atoms with Crippen LogP contribution in [-0.2, 0) is 0 Å². The van der Waals surface area contributed by atoms with Gasteiger partial charge in [0, 0.05) is 5.02 Å². The molecule has 6 heteroatoms. The number of rotatable bonds is 1. The van der Waals surface area contributed by atoms with Crippen LogP contribution < -0.4 is 5.73 Å². The number of imidazole rings is 1. The second-order valence-electron chi connectivity index (χ2n) is 4.21. The summed E-state index contributed by atoms with van der Waals surface area (Å²) in [5.41, 5.74) is 7.78. The molecular weight excluding hydrogens is 279 g/mol. The number of nitrogens with two attached hydrogens (primary N) is 1. The van der Waals surface area contributed by atoms with Gasteiger partial charge >= 0.3 is 0 Å². The summed E-state index contributed by atoms with van der Waals surface area (Å²) in [7, 11) is 0. The largest absolute Gasteiger partial charge is 0.369 e. The van der Waals surface area contributed by atoms with E-state index in [1.165, 1.54) is 18.2 Å². The van der Waals surface area contributed by atoms with E-state index in [9.17, 15) is 4.39 Å². The molecule has 0 atom stereocenters. The lowest BCUT2D eigenvalue weighted by Gasteiger charge is -2.07. The molecule has 0 aliphatic rings. The van der Waals surface area contributed by atoms with Gasteiger partial charge in [0.05, 0.1) is 22.3 Å². The molecule has 0 aliphatic carbocycles. The predicted molar refractivity (Wildman–Crippen MR) is 75.2 cm³/mol. The standard InChI is InChI=1S/C14H8ClFN4/c15-9-1-4-12-13(6-9)20(14(18)19-12)10-2-3-11(16)8(5-10)7-17/h1-6H,(H2,18,19). The minimum Gasteiger partial charge on any atom is -0.369 e. The first-order chi connectivity index (χ1) is 9.60. The number of nitriles is 1. The van der Waals surface area contributed by atoms with E-state index in [0.29, 0.717) is 21.7 Å². The van der Waals surface area contributed by atoms with E-state index in [1.54, 1.807) is 28.8 Å². The monoisotopic (exact) mass is 286 g/mol. The molecule has 3 rings (SSSR count). The summed E-state index contributed by atoms with van der Waals surface area (Å²) in [6.07, 6.45) is 0. The van der Waals surface area contributed by atoms with E-state index >= 15 is 0 Å². The molecule has 2 aromatic carbocycles. The Morgan fingerprint density at radius 1 is 1.25 bits per heavy atom. The third kappa shape index (κ3) is 1.87. The molecule has 0 bridgehead atoms. The van der Waals surface area contributed by atoms with Gasteiger partial charge in [-0.25, -0.2) is 9.37 Å². The summed E-state index contributed by atoms with van der Waals surface area (Å²) in [6.45, 7) is 0. The zero-order valence-corrected chi connectivity index (χ0v) is 10.9. The topological polar surface area (TPSA) is 67.6 Å². The van der Waals surface area contributed by atoms with E-state index in [4.69, 9.17) is 22.6 Å². The fourth-order valence-electron chi connectivity index (χ4n) is 2.08. The van der Waals surface area contributed by atoms with Crippen molar-refractivity contribution in [3.8, 4) is 11.8 Å². The molecule has 4 nitrogen and oxygen atoms in total. The minimum absolute atomic E-state index is 0.0502. The number of hydrogen-bond acceptors (Lipinski definition) is 3. The van der Waals surface area contributed by atoms with Crippen molar-refractivity contribution in [2.24, 2.45) is 0 Å². The van der Waals surface area contributed by atoms with Crippen molar-refractivity contribution in [2.75, 3.05) is 5.73 Å². The van der Waals surface area contributed by atoms with Gasteiger partial charge in [0.25, 0.3) is 0 Å². The molecule has 3 aromatic rings. The Kier molecular flexibility index (Phi) is 2.81. The molecule has 1 heterocycles. The molecule has 0 saturated carbocycles. The van der Waals surface area contributed by atoms with Crippen LogP contribution in [0, 0.1) is 17.1 Å². The highest BCUT2D eigenvalue weighted by Crippen LogP contribution is 2.26. The molecule has 0 saturated heterocycles. The van der Waals surface area contributed by atoms with Crippen LogP contribution in [0.5, 0.6) is 0 Å². The van der Waals surface area contributed by atoms with E-state index in [-0.39, 0.29) is 11.5 Å². The number of nitrogen functional groups attached to an aromatic ring is 1. The number of aromatic nitrogens is 2. The fourth-order valence-corrected chi connectivity index (χ4v) is 2.24. The first kappa shape index (κ1) is 12.5. The third-order valence-electron chi connectivity index (χ3n) is 2.97. The summed E-state index contributed by atoms with van der Waals surface area (Å²) in [5, 5.41) is 9.44. The zero-order valence-electron chi connectivity index (χ0n) is 10.1. The lowest BCUT2D eigenvalue weighted by atomic mass is 10.2. The van der Waals surface area contributed by atoms with Crippen molar-refractivity contribution in [3.63, 3.8) is 0 Å². The van der Waals surface area contributed by atoms with Crippen LogP contribution in [0.1, 0.15) is 5.56 Å². The molecule has 1 aromatic heterocycles. The highest BCUT2D eigenvalue weighted by atomic mass is 35.5. The smallest absolute Gasteiger partial charge is 0.205 e. The van der Waals surface area contributed by atoms with E-state index in [1.807, 2.05) is 0 Å². The van der Waals surface area contributed by atoms with Gasteiger partial charge in [-0.15, -0.1) is 0 Å². The lowest BCUT2D eigenvalue weighted by Crippen LogP contribution is -2.01. The van der Waals surface area contributed by atoms with E-state index in [2.05, 4.69) is 4.98 Å². The molecule has 0 fully saturated rings. The van der Waals surface area contributed by atoms with Gasteiger partial charge in [-0.3, -0.25) is 4.57 Å².